The monoisotopic (exact) mass is 298 g/mol. The van der Waals surface area contributed by atoms with Gasteiger partial charge in [-0.15, -0.1) is 0 Å². The van der Waals surface area contributed by atoms with E-state index in [4.69, 9.17) is 15.2 Å². The Morgan fingerprint density at radius 1 is 1.52 bits per heavy atom. The number of carbonyl (C=O) groups excluding carboxylic acids is 1. The van der Waals surface area contributed by atoms with Crippen molar-refractivity contribution in [1.82, 2.24) is 9.78 Å². The molecular weight excluding hydrogens is 276 g/mol. The third kappa shape index (κ3) is 3.11. The highest BCUT2D eigenvalue weighted by atomic mass is 16.5. The number of rotatable bonds is 6. The van der Waals surface area contributed by atoms with Gasteiger partial charge < -0.3 is 25.6 Å². The molecule has 1 aromatic heterocycles. The van der Waals surface area contributed by atoms with Crippen LogP contribution in [0.5, 0.6) is 0 Å². The van der Waals surface area contributed by atoms with Crippen LogP contribution in [0.15, 0.2) is 0 Å². The number of nitrogens with one attached hydrogen (secondary N) is 1. The zero-order valence-corrected chi connectivity index (χ0v) is 12.3. The van der Waals surface area contributed by atoms with Crippen LogP contribution < -0.4 is 11.1 Å². The molecule has 0 saturated heterocycles. The topological polar surface area (TPSA) is 112 Å². The van der Waals surface area contributed by atoms with Gasteiger partial charge in [0.1, 0.15) is 11.4 Å². The van der Waals surface area contributed by atoms with Crippen LogP contribution in [0.4, 0.5) is 11.6 Å². The van der Waals surface area contributed by atoms with E-state index >= 15 is 0 Å². The van der Waals surface area contributed by atoms with E-state index in [9.17, 15) is 9.90 Å². The Labute approximate surface area is 123 Å². The summed E-state index contributed by atoms with van der Waals surface area (Å²) < 4.78 is 11.2. The third-order valence-electron chi connectivity index (χ3n) is 3.69. The van der Waals surface area contributed by atoms with Crippen molar-refractivity contribution in [3.8, 4) is 0 Å². The number of methoxy groups -OCH3 is 2. The summed E-state index contributed by atoms with van der Waals surface area (Å²) in [6, 6.07) is -0.202. The molecule has 1 saturated carbocycles. The van der Waals surface area contributed by atoms with Gasteiger partial charge in [0.2, 0.25) is 0 Å². The number of aliphatic hydroxyl groups excluding tert-OH is 1. The quantitative estimate of drug-likeness (QED) is 0.514. The SMILES string of the molecule is COCCNc1nn(C2CCCC2O)c(N)c1C(=O)OC. The smallest absolute Gasteiger partial charge is 0.345 e. The molecule has 8 heteroatoms. The van der Waals surface area contributed by atoms with E-state index < -0.39 is 12.1 Å². The molecule has 2 atom stereocenters. The lowest BCUT2D eigenvalue weighted by atomic mass is 10.2. The Morgan fingerprint density at radius 3 is 2.86 bits per heavy atom. The van der Waals surface area contributed by atoms with Gasteiger partial charge in [-0.2, -0.15) is 5.10 Å². The number of esters is 1. The lowest BCUT2D eigenvalue weighted by Gasteiger charge is -2.16. The van der Waals surface area contributed by atoms with E-state index in [1.54, 1.807) is 7.11 Å². The van der Waals surface area contributed by atoms with Crippen molar-refractivity contribution < 1.29 is 19.4 Å². The van der Waals surface area contributed by atoms with Crippen LogP contribution >= 0.6 is 0 Å². The molecule has 1 aromatic rings. The number of ether oxygens (including phenoxy) is 2. The first-order valence-corrected chi connectivity index (χ1v) is 6.97. The molecule has 1 aliphatic rings. The summed E-state index contributed by atoms with van der Waals surface area (Å²) in [6.07, 6.45) is 1.91. The molecule has 21 heavy (non-hydrogen) atoms. The zero-order chi connectivity index (χ0) is 15.4. The highest BCUT2D eigenvalue weighted by molar-refractivity contribution is 5.99. The summed E-state index contributed by atoms with van der Waals surface area (Å²) in [5.74, 6) is 0.0226. The van der Waals surface area contributed by atoms with Gasteiger partial charge in [0.25, 0.3) is 0 Å². The van der Waals surface area contributed by atoms with Gasteiger partial charge >= 0.3 is 5.97 Å². The van der Waals surface area contributed by atoms with Gasteiger partial charge in [-0.1, -0.05) is 0 Å². The largest absolute Gasteiger partial charge is 0.465 e. The van der Waals surface area contributed by atoms with Crippen LogP contribution in [0.25, 0.3) is 0 Å². The van der Waals surface area contributed by atoms with Gasteiger partial charge in [0.05, 0.1) is 25.9 Å². The molecule has 8 nitrogen and oxygen atoms in total. The Balaban J connectivity index is 2.31. The van der Waals surface area contributed by atoms with Gasteiger partial charge in [0, 0.05) is 13.7 Å². The van der Waals surface area contributed by atoms with Gasteiger partial charge in [0.15, 0.2) is 5.82 Å². The van der Waals surface area contributed by atoms with Crippen molar-refractivity contribution in [2.45, 2.75) is 31.4 Å². The normalized spacial score (nSPS) is 21.5. The van der Waals surface area contributed by atoms with Gasteiger partial charge in [-0.25, -0.2) is 9.48 Å². The van der Waals surface area contributed by atoms with Crippen molar-refractivity contribution in [2.75, 3.05) is 38.4 Å². The van der Waals surface area contributed by atoms with Crippen molar-refractivity contribution in [2.24, 2.45) is 0 Å². The molecule has 118 valence electrons. The number of hydrogen-bond donors (Lipinski definition) is 3. The molecule has 1 heterocycles. The van der Waals surface area contributed by atoms with Crippen LogP contribution in [0.1, 0.15) is 35.7 Å². The number of aliphatic hydroxyl groups is 1. The number of carbonyl (C=O) groups is 1. The van der Waals surface area contributed by atoms with E-state index in [0.29, 0.717) is 25.4 Å². The number of nitrogen functional groups attached to an aromatic ring is 1. The van der Waals surface area contributed by atoms with Crippen LogP contribution in [-0.4, -0.2) is 54.3 Å². The number of aromatic nitrogens is 2. The van der Waals surface area contributed by atoms with Gasteiger partial charge in [-0.3, -0.25) is 0 Å². The molecule has 0 bridgehead atoms. The summed E-state index contributed by atoms with van der Waals surface area (Å²) >= 11 is 0. The summed E-state index contributed by atoms with van der Waals surface area (Å²) in [5, 5.41) is 17.4. The third-order valence-corrected chi connectivity index (χ3v) is 3.69. The second kappa shape index (κ2) is 6.77. The van der Waals surface area contributed by atoms with Crippen LogP contribution in [0, 0.1) is 0 Å². The minimum Gasteiger partial charge on any atom is -0.465 e. The lowest BCUT2D eigenvalue weighted by molar-refractivity contribution is 0.0602. The number of nitrogens with two attached hydrogens (primary N) is 1. The van der Waals surface area contributed by atoms with Gasteiger partial charge in [-0.05, 0) is 19.3 Å². The summed E-state index contributed by atoms with van der Waals surface area (Å²) in [4.78, 5) is 11.9. The van der Waals surface area contributed by atoms with E-state index in [0.717, 1.165) is 12.8 Å². The van der Waals surface area contributed by atoms with E-state index in [1.165, 1.54) is 11.8 Å². The second-order valence-electron chi connectivity index (χ2n) is 5.03. The number of anilines is 2. The molecule has 0 aromatic carbocycles. The zero-order valence-electron chi connectivity index (χ0n) is 12.3. The molecule has 2 unspecified atom stereocenters. The van der Waals surface area contributed by atoms with Crippen LogP contribution in [0.2, 0.25) is 0 Å². The van der Waals surface area contributed by atoms with Crippen molar-refractivity contribution in [1.29, 1.82) is 0 Å². The molecule has 1 aliphatic carbocycles. The fraction of sp³-hybridized carbons (Fsp3) is 0.692. The summed E-state index contributed by atoms with van der Waals surface area (Å²) in [5.41, 5.74) is 6.25. The van der Waals surface area contributed by atoms with E-state index in [-0.39, 0.29) is 17.4 Å². The van der Waals surface area contributed by atoms with Crippen molar-refractivity contribution >= 4 is 17.6 Å². The average Bonchev–Trinajstić information content (AvgIpc) is 3.02. The Hall–Kier alpha value is -1.80. The van der Waals surface area contributed by atoms with Crippen LogP contribution in [-0.2, 0) is 9.47 Å². The molecule has 0 amide bonds. The maximum absolute atomic E-state index is 11.9. The predicted molar refractivity (Wildman–Crippen MR) is 77.2 cm³/mol. The maximum atomic E-state index is 11.9. The maximum Gasteiger partial charge on any atom is 0.345 e. The van der Waals surface area contributed by atoms with Crippen LogP contribution in [0.3, 0.4) is 0 Å². The molecule has 4 N–H and O–H groups in total. The van der Waals surface area contributed by atoms with E-state index in [1.807, 2.05) is 0 Å². The Morgan fingerprint density at radius 2 is 2.29 bits per heavy atom. The molecule has 1 fully saturated rings. The first-order chi connectivity index (χ1) is 10.1. The Kier molecular flexibility index (Phi) is 5.03. The van der Waals surface area contributed by atoms with Crippen molar-refractivity contribution in [3.05, 3.63) is 5.56 Å². The second-order valence-corrected chi connectivity index (χ2v) is 5.03. The highest BCUT2D eigenvalue weighted by Gasteiger charge is 2.32. The molecular formula is C13H22N4O4. The lowest BCUT2D eigenvalue weighted by Crippen LogP contribution is -2.21. The molecule has 0 spiro atoms. The Bertz CT molecular complexity index is 503. The summed E-state index contributed by atoms with van der Waals surface area (Å²) in [6.45, 7) is 0.962. The first-order valence-electron chi connectivity index (χ1n) is 6.97. The highest BCUT2D eigenvalue weighted by Crippen LogP contribution is 2.34. The minimum absolute atomic E-state index is 0.202. The first kappa shape index (κ1) is 15.6. The molecule has 2 rings (SSSR count). The standard InChI is InChI=1S/C13H22N4O4/c1-20-7-6-15-12-10(13(19)21-2)11(14)17(16-12)8-4-3-5-9(8)18/h8-9,18H,3-7,14H2,1-2H3,(H,15,16). The predicted octanol–water partition coefficient (Wildman–Crippen LogP) is 0.396. The molecule has 0 radical (unpaired) electrons. The number of nitrogens with zero attached hydrogens (tertiary/aromatic N) is 2. The van der Waals surface area contributed by atoms with E-state index in [2.05, 4.69) is 10.4 Å². The minimum atomic E-state index is -0.550. The molecule has 0 aliphatic heterocycles. The summed E-state index contributed by atoms with van der Waals surface area (Å²) in [7, 11) is 2.88. The van der Waals surface area contributed by atoms with Crippen molar-refractivity contribution in [3.63, 3.8) is 0 Å². The average molecular weight is 298 g/mol. The fourth-order valence-electron chi connectivity index (χ4n) is 2.60. The fourth-order valence-corrected chi connectivity index (χ4v) is 2.60. The number of hydrogen-bond acceptors (Lipinski definition) is 7.